The molecule has 0 amide bonds. The first-order valence-corrected chi connectivity index (χ1v) is 7.27. The van der Waals surface area contributed by atoms with E-state index in [0.717, 1.165) is 10.7 Å². The van der Waals surface area contributed by atoms with Crippen LogP contribution in [0.5, 0.6) is 0 Å². The summed E-state index contributed by atoms with van der Waals surface area (Å²) in [5.74, 6) is 0.223. The van der Waals surface area contributed by atoms with E-state index in [-0.39, 0.29) is 11.3 Å². The van der Waals surface area contributed by atoms with Gasteiger partial charge in [-0.2, -0.15) is 0 Å². The van der Waals surface area contributed by atoms with Crippen molar-refractivity contribution in [3.05, 3.63) is 16.1 Å². The van der Waals surface area contributed by atoms with Gasteiger partial charge in [0.05, 0.1) is 18.8 Å². The van der Waals surface area contributed by atoms with Gasteiger partial charge in [-0.05, 0) is 13.8 Å². The van der Waals surface area contributed by atoms with Gasteiger partial charge in [0, 0.05) is 16.8 Å². The fourth-order valence-corrected chi connectivity index (χ4v) is 2.61. The third-order valence-electron chi connectivity index (χ3n) is 2.88. The minimum absolute atomic E-state index is 0.0724. The maximum Gasteiger partial charge on any atom is 0.153 e. The van der Waals surface area contributed by atoms with Crippen LogP contribution in [0.25, 0.3) is 0 Å². The van der Waals surface area contributed by atoms with Crippen molar-refractivity contribution in [3.8, 4) is 0 Å². The highest BCUT2D eigenvalue weighted by atomic mass is 32.1. The summed E-state index contributed by atoms with van der Waals surface area (Å²) in [7, 11) is 0. The van der Waals surface area contributed by atoms with Gasteiger partial charge < -0.3 is 10.9 Å². The molecule has 1 aromatic rings. The van der Waals surface area contributed by atoms with Crippen molar-refractivity contribution in [3.63, 3.8) is 0 Å². The summed E-state index contributed by atoms with van der Waals surface area (Å²) in [6.07, 6.45) is 0. The molecule has 0 saturated carbocycles. The topological polar surface area (TPSA) is 74.7 Å². The molecule has 0 fully saturated rings. The number of nitrogens with zero attached hydrogens (tertiary/aromatic N) is 3. The predicted octanol–water partition coefficient (Wildman–Crippen LogP) is 2.40. The van der Waals surface area contributed by atoms with Crippen LogP contribution in [-0.2, 0) is 12.0 Å². The average molecular weight is 284 g/mol. The van der Waals surface area contributed by atoms with E-state index in [4.69, 9.17) is 10.9 Å². The molecule has 1 rings (SSSR count). The molecule has 0 aliphatic rings. The zero-order valence-corrected chi connectivity index (χ0v) is 13.2. The van der Waals surface area contributed by atoms with E-state index in [9.17, 15) is 0 Å². The lowest BCUT2D eigenvalue weighted by Gasteiger charge is -2.24. The van der Waals surface area contributed by atoms with Crippen LogP contribution in [0.1, 0.15) is 45.3 Å². The van der Waals surface area contributed by atoms with E-state index in [1.807, 2.05) is 0 Å². The second-order valence-electron chi connectivity index (χ2n) is 5.97. The number of oxime groups is 1. The first-order valence-electron chi connectivity index (χ1n) is 6.39. The molecule has 0 unspecified atom stereocenters. The van der Waals surface area contributed by atoms with Crippen molar-refractivity contribution in [1.29, 1.82) is 0 Å². The van der Waals surface area contributed by atoms with Gasteiger partial charge in [-0.3, -0.25) is 4.90 Å². The molecule has 0 atom stereocenters. The highest BCUT2D eigenvalue weighted by molar-refractivity contribution is 7.09. The van der Waals surface area contributed by atoms with Gasteiger partial charge in [0.25, 0.3) is 0 Å². The summed E-state index contributed by atoms with van der Waals surface area (Å²) in [5, 5.41) is 14.9. The number of rotatable bonds is 5. The highest BCUT2D eigenvalue weighted by Gasteiger charge is 2.19. The quantitative estimate of drug-likeness (QED) is 0.377. The lowest BCUT2D eigenvalue weighted by molar-refractivity contribution is 0.238. The van der Waals surface area contributed by atoms with Crippen LogP contribution < -0.4 is 5.73 Å². The Balaban J connectivity index is 2.77. The maximum atomic E-state index is 8.67. The molecule has 108 valence electrons. The molecular weight excluding hydrogens is 260 g/mol. The van der Waals surface area contributed by atoms with Crippen molar-refractivity contribution in [1.82, 2.24) is 9.88 Å². The summed E-state index contributed by atoms with van der Waals surface area (Å²) >= 11 is 1.66. The molecule has 0 radical (unpaired) electrons. The molecule has 3 N–H and O–H groups in total. The fourth-order valence-electron chi connectivity index (χ4n) is 1.56. The van der Waals surface area contributed by atoms with E-state index >= 15 is 0 Å². The molecule has 0 saturated heterocycles. The Morgan fingerprint density at radius 3 is 2.58 bits per heavy atom. The first-order chi connectivity index (χ1) is 8.74. The molecule has 6 heteroatoms. The standard InChI is InChI=1S/C13H24N4OS/c1-9(2)17(6-11(14)16-18)7-12-15-10(8-19-12)13(3,4)5/h8-9,18H,6-7H2,1-5H3,(H2,14,16). The lowest BCUT2D eigenvalue weighted by atomic mass is 9.93. The zero-order valence-electron chi connectivity index (χ0n) is 12.3. The molecule has 1 heterocycles. The molecular formula is C13H24N4OS. The Hall–Kier alpha value is -1.14. The van der Waals surface area contributed by atoms with Crippen LogP contribution in [0, 0.1) is 0 Å². The van der Waals surface area contributed by atoms with Crippen molar-refractivity contribution in [2.24, 2.45) is 10.9 Å². The van der Waals surface area contributed by atoms with Gasteiger partial charge in [-0.15, -0.1) is 11.3 Å². The van der Waals surface area contributed by atoms with Gasteiger partial charge >= 0.3 is 0 Å². The summed E-state index contributed by atoms with van der Waals surface area (Å²) in [6.45, 7) is 11.8. The minimum atomic E-state index is 0.0724. The minimum Gasteiger partial charge on any atom is -0.409 e. The van der Waals surface area contributed by atoms with Crippen LogP contribution in [0.15, 0.2) is 10.5 Å². The Kier molecular flexibility index (Phi) is 5.31. The Morgan fingerprint density at radius 2 is 2.16 bits per heavy atom. The second-order valence-corrected chi connectivity index (χ2v) is 6.91. The number of aromatic nitrogens is 1. The summed E-state index contributed by atoms with van der Waals surface area (Å²) in [5.41, 5.74) is 6.76. The molecule has 5 nitrogen and oxygen atoms in total. The Labute approximate surface area is 119 Å². The molecule has 1 aromatic heterocycles. The van der Waals surface area contributed by atoms with Gasteiger partial charge in [-0.25, -0.2) is 4.98 Å². The number of hydrogen-bond acceptors (Lipinski definition) is 5. The Bertz CT molecular complexity index is 434. The van der Waals surface area contributed by atoms with Crippen molar-refractivity contribution in [2.75, 3.05) is 6.54 Å². The summed E-state index contributed by atoms with van der Waals surface area (Å²) < 4.78 is 0. The van der Waals surface area contributed by atoms with Crippen LogP contribution in [0.3, 0.4) is 0 Å². The van der Waals surface area contributed by atoms with Crippen LogP contribution in [0.4, 0.5) is 0 Å². The average Bonchev–Trinajstić information content (AvgIpc) is 2.76. The van der Waals surface area contributed by atoms with Crippen molar-refractivity contribution < 1.29 is 5.21 Å². The van der Waals surface area contributed by atoms with Gasteiger partial charge in [-0.1, -0.05) is 25.9 Å². The second kappa shape index (κ2) is 6.34. The first kappa shape index (κ1) is 15.9. The van der Waals surface area contributed by atoms with Gasteiger partial charge in [0.1, 0.15) is 5.01 Å². The predicted molar refractivity (Wildman–Crippen MR) is 79.8 cm³/mol. The third kappa shape index (κ3) is 4.80. The number of thiazole rings is 1. The molecule has 19 heavy (non-hydrogen) atoms. The van der Waals surface area contributed by atoms with Crippen LogP contribution >= 0.6 is 11.3 Å². The van der Waals surface area contributed by atoms with Gasteiger partial charge in [0.15, 0.2) is 5.84 Å². The summed E-state index contributed by atoms with van der Waals surface area (Å²) in [4.78, 5) is 6.80. The van der Waals surface area contributed by atoms with Crippen molar-refractivity contribution >= 4 is 17.2 Å². The third-order valence-corrected chi connectivity index (χ3v) is 3.72. The lowest BCUT2D eigenvalue weighted by Crippen LogP contribution is -2.38. The highest BCUT2D eigenvalue weighted by Crippen LogP contribution is 2.24. The van der Waals surface area contributed by atoms with Crippen LogP contribution in [-0.4, -0.2) is 33.5 Å². The van der Waals surface area contributed by atoms with E-state index in [2.05, 4.69) is 55.0 Å². The van der Waals surface area contributed by atoms with Gasteiger partial charge in [0.2, 0.25) is 0 Å². The fraction of sp³-hybridized carbons (Fsp3) is 0.692. The number of hydrogen-bond donors (Lipinski definition) is 2. The zero-order chi connectivity index (χ0) is 14.6. The van der Waals surface area contributed by atoms with E-state index in [1.54, 1.807) is 11.3 Å². The van der Waals surface area contributed by atoms with Crippen molar-refractivity contribution in [2.45, 2.75) is 52.6 Å². The largest absolute Gasteiger partial charge is 0.409 e. The van der Waals surface area contributed by atoms with E-state index in [1.165, 1.54) is 0 Å². The summed E-state index contributed by atoms with van der Waals surface area (Å²) in [6, 6.07) is 0.308. The number of nitrogens with two attached hydrogens (primary N) is 1. The smallest absolute Gasteiger partial charge is 0.153 e. The van der Waals surface area contributed by atoms with Crippen LogP contribution in [0.2, 0.25) is 0 Å². The molecule has 0 bridgehead atoms. The normalized spacial score (nSPS) is 13.5. The molecule has 0 spiro atoms. The molecule has 0 aliphatic carbocycles. The molecule has 0 aromatic carbocycles. The number of amidine groups is 1. The maximum absolute atomic E-state index is 8.67. The van der Waals surface area contributed by atoms with E-state index < -0.39 is 0 Å². The van der Waals surface area contributed by atoms with E-state index in [0.29, 0.717) is 19.1 Å². The Morgan fingerprint density at radius 1 is 1.53 bits per heavy atom. The molecule has 0 aliphatic heterocycles. The SMILES string of the molecule is CC(C)N(CC(N)=NO)Cc1nc(C(C)(C)C)cs1. The monoisotopic (exact) mass is 284 g/mol.